The van der Waals surface area contributed by atoms with Crippen LogP contribution in [0.3, 0.4) is 0 Å². The summed E-state index contributed by atoms with van der Waals surface area (Å²) < 4.78 is 40.0. The highest BCUT2D eigenvalue weighted by Gasteiger charge is 2.23. The van der Waals surface area contributed by atoms with Crippen LogP contribution in [0, 0.1) is 11.6 Å². The Bertz CT molecular complexity index is 1050. The molecule has 2 aromatic carbocycles. The monoisotopic (exact) mass is 369 g/mol. The van der Waals surface area contributed by atoms with E-state index in [1.807, 2.05) is 6.07 Å². The van der Waals surface area contributed by atoms with Crippen molar-refractivity contribution in [2.75, 3.05) is 37.7 Å². The van der Waals surface area contributed by atoms with E-state index in [0.29, 0.717) is 22.5 Å². The molecule has 2 aliphatic rings. The molecule has 2 aliphatic heterocycles. The number of hydrogen-bond donors (Lipinski definition) is 1. The van der Waals surface area contributed by atoms with Crippen LogP contribution < -0.4 is 15.0 Å². The lowest BCUT2D eigenvalue weighted by Crippen LogP contribution is -2.43. The van der Waals surface area contributed by atoms with E-state index >= 15 is 0 Å². The lowest BCUT2D eigenvalue weighted by molar-refractivity contribution is 0.358. The van der Waals surface area contributed by atoms with Gasteiger partial charge in [-0.15, -0.1) is 0 Å². The van der Waals surface area contributed by atoms with Gasteiger partial charge >= 0.3 is 0 Å². The summed E-state index contributed by atoms with van der Waals surface area (Å²) in [5.41, 5.74) is 2.26. The summed E-state index contributed by atoms with van der Waals surface area (Å²) >= 11 is 0. The van der Waals surface area contributed by atoms with Gasteiger partial charge in [0.2, 0.25) is 5.89 Å². The third-order valence-corrected chi connectivity index (χ3v) is 4.90. The fraction of sp³-hybridized carbons (Fsp3) is 0.250. The van der Waals surface area contributed by atoms with Crippen LogP contribution >= 0.6 is 0 Å². The minimum Gasteiger partial charge on any atom is -0.488 e. The molecule has 5 rings (SSSR count). The minimum absolute atomic E-state index is 0.161. The van der Waals surface area contributed by atoms with Gasteiger partial charge < -0.3 is 19.4 Å². The Hall–Kier alpha value is -2.93. The number of oxazole rings is 1. The third-order valence-electron chi connectivity index (χ3n) is 4.90. The lowest BCUT2D eigenvalue weighted by atomic mass is 10.1. The number of aromatic nitrogens is 1. The average molecular weight is 369 g/mol. The van der Waals surface area contributed by atoms with E-state index in [1.54, 1.807) is 18.2 Å². The van der Waals surface area contributed by atoms with Crippen LogP contribution in [0.15, 0.2) is 34.7 Å². The van der Waals surface area contributed by atoms with Crippen molar-refractivity contribution in [3.8, 4) is 5.75 Å². The maximum absolute atomic E-state index is 14.8. The number of nitrogens with one attached hydrogen (secondary N) is 1. The molecule has 1 saturated heterocycles. The van der Waals surface area contributed by atoms with Crippen LogP contribution in [0.1, 0.15) is 11.5 Å². The predicted octanol–water partition coefficient (Wildman–Crippen LogP) is 3.45. The highest BCUT2D eigenvalue weighted by molar-refractivity contribution is 5.86. The first-order valence-electron chi connectivity index (χ1n) is 8.87. The zero-order chi connectivity index (χ0) is 18.4. The first kappa shape index (κ1) is 16.3. The zero-order valence-corrected chi connectivity index (χ0v) is 14.5. The number of rotatable bonds is 2. The van der Waals surface area contributed by atoms with Crippen LogP contribution in [0.25, 0.3) is 22.7 Å². The molecule has 0 saturated carbocycles. The number of benzene rings is 2. The first-order valence-corrected chi connectivity index (χ1v) is 8.87. The second kappa shape index (κ2) is 6.35. The van der Waals surface area contributed by atoms with Crippen LogP contribution in [-0.2, 0) is 0 Å². The molecular formula is C20H17F2N3O2. The van der Waals surface area contributed by atoms with Crippen molar-refractivity contribution in [2.45, 2.75) is 0 Å². The highest BCUT2D eigenvalue weighted by atomic mass is 19.1. The second-order valence-electron chi connectivity index (χ2n) is 6.64. The van der Waals surface area contributed by atoms with Gasteiger partial charge in [-0.3, -0.25) is 0 Å². The van der Waals surface area contributed by atoms with Crippen molar-refractivity contribution in [1.29, 1.82) is 0 Å². The van der Waals surface area contributed by atoms with Crippen molar-refractivity contribution < 1.29 is 17.9 Å². The van der Waals surface area contributed by atoms with Gasteiger partial charge in [-0.05, 0) is 24.3 Å². The first-order chi connectivity index (χ1) is 13.2. The highest BCUT2D eigenvalue weighted by Crippen LogP contribution is 2.36. The molecule has 5 nitrogen and oxygen atoms in total. The Morgan fingerprint density at radius 3 is 2.74 bits per heavy atom. The van der Waals surface area contributed by atoms with E-state index in [1.165, 1.54) is 12.1 Å². The van der Waals surface area contributed by atoms with Crippen molar-refractivity contribution >= 4 is 28.4 Å². The molecule has 0 radical (unpaired) electrons. The molecular weight excluding hydrogens is 352 g/mol. The van der Waals surface area contributed by atoms with E-state index < -0.39 is 5.82 Å². The summed E-state index contributed by atoms with van der Waals surface area (Å²) in [6.07, 6.45) is 1.67. The van der Waals surface area contributed by atoms with E-state index in [0.717, 1.165) is 31.9 Å². The van der Waals surface area contributed by atoms with Crippen LogP contribution in [0.5, 0.6) is 5.75 Å². The van der Waals surface area contributed by atoms with Gasteiger partial charge in [0.15, 0.2) is 11.4 Å². The Morgan fingerprint density at radius 2 is 1.93 bits per heavy atom. The van der Waals surface area contributed by atoms with Crippen molar-refractivity contribution in [1.82, 2.24) is 10.3 Å². The van der Waals surface area contributed by atoms with E-state index in [-0.39, 0.29) is 23.8 Å². The number of hydrogen-bond acceptors (Lipinski definition) is 5. The smallest absolute Gasteiger partial charge is 0.226 e. The lowest BCUT2D eigenvalue weighted by Gasteiger charge is -2.30. The molecule has 1 aromatic heterocycles. The number of para-hydroxylation sites is 1. The number of ether oxygens (including phenoxy) is 1. The molecule has 138 valence electrons. The van der Waals surface area contributed by atoms with Gasteiger partial charge in [0, 0.05) is 37.9 Å². The number of halogens is 2. The van der Waals surface area contributed by atoms with Gasteiger partial charge in [0.25, 0.3) is 0 Å². The van der Waals surface area contributed by atoms with Gasteiger partial charge in [0.1, 0.15) is 23.7 Å². The summed E-state index contributed by atoms with van der Waals surface area (Å²) in [6.45, 7) is 3.59. The van der Waals surface area contributed by atoms with Gasteiger partial charge in [0.05, 0.1) is 11.1 Å². The molecule has 1 N–H and O–H groups in total. The maximum atomic E-state index is 14.8. The Balaban J connectivity index is 1.52. The summed E-state index contributed by atoms with van der Waals surface area (Å²) in [6, 6.07) is 7.92. The second-order valence-corrected chi connectivity index (χ2v) is 6.64. The van der Waals surface area contributed by atoms with Crippen LogP contribution in [-0.4, -0.2) is 37.8 Å². The van der Waals surface area contributed by atoms with Crippen molar-refractivity contribution in [2.24, 2.45) is 0 Å². The number of fused-ring (bicyclic) bond motifs is 2. The van der Waals surface area contributed by atoms with E-state index in [9.17, 15) is 8.78 Å². The minimum atomic E-state index is -0.452. The molecule has 0 amide bonds. The number of piperazine rings is 1. The molecule has 27 heavy (non-hydrogen) atoms. The summed E-state index contributed by atoms with van der Waals surface area (Å²) in [7, 11) is 0. The molecule has 0 atom stereocenters. The Kier molecular flexibility index (Phi) is 3.82. The zero-order valence-electron chi connectivity index (χ0n) is 14.5. The van der Waals surface area contributed by atoms with Crippen molar-refractivity contribution in [3.05, 3.63) is 53.4 Å². The third kappa shape index (κ3) is 2.84. The fourth-order valence-electron chi connectivity index (χ4n) is 3.49. The molecule has 0 spiro atoms. The average Bonchev–Trinajstić information content (AvgIpc) is 3.14. The normalized spacial score (nSPS) is 16.8. The maximum Gasteiger partial charge on any atom is 0.226 e. The molecule has 0 aliphatic carbocycles. The van der Waals surface area contributed by atoms with E-state index in [2.05, 4.69) is 15.2 Å². The topological polar surface area (TPSA) is 50.5 Å². The molecule has 3 heterocycles. The molecule has 1 fully saturated rings. The van der Waals surface area contributed by atoms with Gasteiger partial charge in [-0.25, -0.2) is 13.8 Å². The largest absolute Gasteiger partial charge is 0.488 e. The summed E-state index contributed by atoms with van der Waals surface area (Å²) in [5.74, 6) is -0.0755. The number of nitrogens with zero attached hydrogens (tertiary/aromatic N) is 2. The predicted molar refractivity (Wildman–Crippen MR) is 98.8 cm³/mol. The number of anilines is 1. The van der Waals surface area contributed by atoms with Crippen LogP contribution in [0.4, 0.5) is 14.5 Å². The van der Waals surface area contributed by atoms with Crippen LogP contribution in [0.2, 0.25) is 0 Å². The molecule has 0 bridgehead atoms. The summed E-state index contributed by atoms with van der Waals surface area (Å²) in [4.78, 5) is 6.33. The molecule has 7 heteroatoms. The Labute approximate surface area is 154 Å². The molecule has 3 aromatic rings. The van der Waals surface area contributed by atoms with Gasteiger partial charge in [-0.1, -0.05) is 6.07 Å². The van der Waals surface area contributed by atoms with Crippen molar-refractivity contribution in [3.63, 3.8) is 0 Å². The van der Waals surface area contributed by atoms with E-state index in [4.69, 9.17) is 9.15 Å². The standard InChI is InChI=1S/C20H17F2N3O2/c21-15-2-1-3-17-19(15)24-20(27-17)12-8-14-16(22)9-13(10-18(14)26-11-12)25-6-4-23-5-7-25/h1-3,8-10,23H,4-7,11H2. The fourth-order valence-corrected chi connectivity index (χ4v) is 3.49. The summed E-state index contributed by atoms with van der Waals surface area (Å²) in [5, 5.41) is 3.28. The molecule has 0 unspecified atom stereocenters. The Morgan fingerprint density at radius 1 is 1.07 bits per heavy atom. The quantitative estimate of drug-likeness (QED) is 0.750. The SMILES string of the molecule is Fc1cc(N2CCNCC2)cc2c1C=C(c1nc3c(F)cccc3o1)CO2. The van der Waals surface area contributed by atoms with Gasteiger partial charge in [-0.2, -0.15) is 0 Å².